The minimum atomic E-state index is -0.303. The fourth-order valence-corrected chi connectivity index (χ4v) is 6.33. The van der Waals surface area contributed by atoms with Gasteiger partial charge in [-0.15, -0.1) is 0 Å². The smallest absolute Gasteiger partial charge is 0.343 e. The fraction of sp³-hybridized carbons (Fsp3) is 0.480. The molecule has 0 unspecified atom stereocenters. The Morgan fingerprint density at radius 2 is 1.89 bits per heavy atom. The highest BCUT2D eigenvalue weighted by molar-refractivity contribution is 5.91. The molecule has 3 aliphatic rings. The number of benzene rings is 2. The van der Waals surface area contributed by atoms with Gasteiger partial charge in [0.25, 0.3) is 0 Å². The van der Waals surface area contributed by atoms with Crippen molar-refractivity contribution in [1.29, 1.82) is 0 Å². The van der Waals surface area contributed by atoms with Gasteiger partial charge in [-0.25, -0.2) is 4.79 Å². The molecule has 0 amide bonds. The van der Waals surface area contributed by atoms with Crippen LogP contribution >= 0.6 is 0 Å². The Bertz CT molecular complexity index is 890. The monoisotopic (exact) mass is 376 g/mol. The number of aliphatic hydroxyl groups is 1. The van der Waals surface area contributed by atoms with Crippen molar-refractivity contribution in [2.75, 3.05) is 0 Å². The Balaban J connectivity index is 1.37. The number of rotatable bonds is 2. The van der Waals surface area contributed by atoms with E-state index < -0.39 is 0 Å². The van der Waals surface area contributed by atoms with Crippen LogP contribution in [-0.4, -0.2) is 17.2 Å². The second-order valence-electron chi connectivity index (χ2n) is 9.17. The molecule has 3 heteroatoms. The third-order valence-electron chi connectivity index (χ3n) is 7.87. The number of carbonyl (C=O) groups is 1. The van der Waals surface area contributed by atoms with Crippen LogP contribution in [0.1, 0.15) is 66.4 Å². The Morgan fingerprint density at radius 1 is 1.07 bits per heavy atom. The van der Waals surface area contributed by atoms with Gasteiger partial charge in [0.1, 0.15) is 5.75 Å². The van der Waals surface area contributed by atoms with Gasteiger partial charge in [0, 0.05) is 0 Å². The van der Waals surface area contributed by atoms with E-state index in [2.05, 4.69) is 19.1 Å². The molecule has 0 spiro atoms. The minimum absolute atomic E-state index is 0.115. The molecule has 5 atom stereocenters. The van der Waals surface area contributed by atoms with Gasteiger partial charge in [0.05, 0.1) is 11.7 Å². The molecule has 0 bridgehead atoms. The number of aliphatic hydroxyl groups excluding tert-OH is 1. The molecular weight excluding hydrogens is 348 g/mol. The van der Waals surface area contributed by atoms with Crippen LogP contribution in [0.5, 0.6) is 5.75 Å². The summed E-state index contributed by atoms with van der Waals surface area (Å²) in [6, 6.07) is 15.4. The van der Waals surface area contributed by atoms with Gasteiger partial charge in [-0.3, -0.25) is 0 Å². The van der Waals surface area contributed by atoms with Crippen molar-refractivity contribution in [3.05, 3.63) is 65.2 Å². The minimum Gasteiger partial charge on any atom is -0.423 e. The maximum absolute atomic E-state index is 12.4. The highest BCUT2D eigenvalue weighted by Crippen LogP contribution is 2.60. The quantitative estimate of drug-likeness (QED) is 0.584. The van der Waals surface area contributed by atoms with Crippen molar-refractivity contribution < 1.29 is 14.6 Å². The Labute approximate surface area is 166 Å². The third-order valence-corrected chi connectivity index (χ3v) is 7.87. The van der Waals surface area contributed by atoms with Crippen LogP contribution in [0.25, 0.3) is 0 Å². The molecule has 2 saturated carbocycles. The summed E-state index contributed by atoms with van der Waals surface area (Å²) in [6.07, 6.45) is 6.50. The van der Waals surface area contributed by atoms with E-state index in [1.54, 1.807) is 12.1 Å². The molecule has 2 fully saturated rings. The van der Waals surface area contributed by atoms with Gasteiger partial charge in [-0.05, 0) is 97.1 Å². The van der Waals surface area contributed by atoms with Crippen molar-refractivity contribution in [2.24, 2.45) is 17.3 Å². The first-order valence-electron chi connectivity index (χ1n) is 10.6. The van der Waals surface area contributed by atoms with Gasteiger partial charge >= 0.3 is 5.97 Å². The highest BCUT2D eigenvalue weighted by Gasteiger charge is 2.54. The van der Waals surface area contributed by atoms with Crippen LogP contribution in [-0.2, 0) is 6.42 Å². The normalized spacial score (nSPS) is 33.5. The van der Waals surface area contributed by atoms with Crippen LogP contribution in [0.3, 0.4) is 0 Å². The number of hydrogen-bond donors (Lipinski definition) is 1. The summed E-state index contributed by atoms with van der Waals surface area (Å²) in [5.41, 5.74) is 3.47. The fourth-order valence-electron chi connectivity index (χ4n) is 6.33. The molecule has 3 nitrogen and oxygen atoms in total. The van der Waals surface area contributed by atoms with Crippen LogP contribution in [0.2, 0.25) is 0 Å². The largest absolute Gasteiger partial charge is 0.423 e. The molecule has 3 aliphatic carbocycles. The average Bonchev–Trinajstić information content (AvgIpc) is 3.03. The van der Waals surface area contributed by atoms with E-state index in [9.17, 15) is 9.90 Å². The maximum Gasteiger partial charge on any atom is 0.343 e. The summed E-state index contributed by atoms with van der Waals surface area (Å²) >= 11 is 0. The zero-order valence-corrected chi connectivity index (χ0v) is 16.4. The van der Waals surface area contributed by atoms with Gasteiger partial charge in [-0.1, -0.05) is 31.2 Å². The Hall–Kier alpha value is -2.13. The van der Waals surface area contributed by atoms with Crippen molar-refractivity contribution >= 4 is 5.97 Å². The van der Waals surface area contributed by atoms with Crippen LogP contribution in [0, 0.1) is 17.3 Å². The molecule has 146 valence electrons. The number of fused-ring (bicyclic) bond motifs is 5. The molecule has 0 heterocycles. The van der Waals surface area contributed by atoms with E-state index in [0.717, 1.165) is 25.7 Å². The van der Waals surface area contributed by atoms with Crippen molar-refractivity contribution in [1.82, 2.24) is 0 Å². The van der Waals surface area contributed by atoms with Crippen LogP contribution < -0.4 is 4.74 Å². The second kappa shape index (κ2) is 6.73. The molecule has 0 radical (unpaired) electrons. The Morgan fingerprint density at radius 3 is 2.71 bits per heavy atom. The topological polar surface area (TPSA) is 46.5 Å². The van der Waals surface area contributed by atoms with Gasteiger partial charge in [-0.2, -0.15) is 0 Å². The Kier molecular flexibility index (Phi) is 4.31. The first-order valence-corrected chi connectivity index (χ1v) is 10.6. The van der Waals surface area contributed by atoms with Gasteiger partial charge < -0.3 is 9.84 Å². The summed E-state index contributed by atoms with van der Waals surface area (Å²) < 4.78 is 5.63. The summed E-state index contributed by atoms with van der Waals surface area (Å²) in [7, 11) is 0. The zero-order chi connectivity index (χ0) is 19.3. The van der Waals surface area contributed by atoms with Crippen LogP contribution in [0.4, 0.5) is 0 Å². The van der Waals surface area contributed by atoms with E-state index in [4.69, 9.17) is 4.74 Å². The van der Waals surface area contributed by atoms with E-state index in [-0.39, 0.29) is 17.5 Å². The standard InChI is InChI=1S/C25H28O3/c1-25-14-13-20-19-10-8-18(28-24(27)16-5-3-2-4-6-16)15-17(19)7-9-21(20)22(25)11-12-23(25)26/h2-6,8,10,15,20-23,26H,7,9,11-14H2,1H3/t20-,21-,22+,23+,25-/m1/s1. The van der Waals surface area contributed by atoms with Gasteiger partial charge in [0.15, 0.2) is 0 Å². The zero-order valence-electron chi connectivity index (χ0n) is 16.4. The van der Waals surface area contributed by atoms with E-state index >= 15 is 0 Å². The van der Waals surface area contributed by atoms with E-state index in [0.29, 0.717) is 29.1 Å². The molecule has 2 aromatic carbocycles. The SMILES string of the molecule is C[C@@]12CC[C@@H]3c4ccc(OC(=O)c5ccccc5)cc4CC[C@H]3[C@@H]1CC[C@@H]2O. The summed E-state index contributed by atoms with van der Waals surface area (Å²) in [5.74, 6) is 2.25. The first kappa shape index (κ1) is 17.9. The molecule has 0 aliphatic heterocycles. The molecule has 28 heavy (non-hydrogen) atoms. The maximum atomic E-state index is 12.4. The third kappa shape index (κ3) is 2.79. The van der Waals surface area contributed by atoms with Crippen molar-refractivity contribution in [3.63, 3.8) is 0 Å². The number of carbonyl (C=O) groups excluding carboxylic acids is 1. The molecule has 5 rings (SSSR count). The van der Waals surface area contributed by atoms with Crippen molar-refractivity contribution in [3.8, 4) is 5.75 Å². The lowest BCUT2D eigenvalue weighted by Gasteiger charge is -2.50. The highest BCUT2D eigenvalue weighted by atomic mass is 16.5. The summed E-state index contributed by atoms with van der Waals surface area (Å²) in [5, 5.41) is 10.5. The van der Waals surface area contributed by atoms with Crippen molar-refractivity contribution in [2.45, 2.75) is 57.5 Å². The van der Waals surface area contributed by atoms with E-state index in [1.165, 1.54) is 24.0 Å². The number of esters is 1. The summed E-state index contributed by atoms with van der Waals surface area (Å²) in [6.45, 7) is 2.31. The molecular formula is C25H28O3. The molecule has 2 aromatic rings. The van der Waals surface area contributed by atoms with Gasteiger partial charge in [0.2, 0.25) is 0 Å². The van der Waals surface area contributed by atoms with E-state index in [1.807, 2.05) is 24.3 Å². The second-order valence-corrected chi connectivity index (χ2v) is 9.17. The lowest BCUT2D eigenvalue weighted by atomic mass is 9.55. The number of ether oxygens (including phenoxy) is 1. The number of hydrogen-bond acceptors (Lipinski definition) is 3. The predicted molar refractivity (Wildman–Crippen MR) is 108 cm³/mol. The molecule has 1 N–H and O–H groups in total. The van der Waals surface area contributed by atoms with Crippen LogP contribution in [0.15, 0.2) is 48.5 Å². The lowest BCUT2D eigenvalue weighted by molar-refractivity contribution is -0.0226. The lowest BCUT2D eigenvalue weighted by Crippen LogP contribution is -2.43. The molecule has 0 saturated heterocycles. The first-order chi connectivity index (χ1) is 13.6. The summed E-state index contributed by atoms with van der Waals surface area (Å²) in [4.78, 5) is 12.4. The predicted octanol–water partition coefficient (Wildman–Crippen LogP) is 5.12. The average molecular weight is 376 g/mol. The number of aryl methyl sites for hydroxylation is 1. The molecule has 0 aromatic heterocycles.